The molecule has 1 N–H and O–H groups in total. The van der Waals surface area contributed by atoms with Crippen molar-refractivity contribution in [2.24, 2.45) is 5.41 Å². The molecule has 1 aliphatic rings. The number of hydrogen-bond donors (Lipinski definition) is 1. The van der Waals surface area contributed by atoms with Crippen LogP contribution in [0.4, 0.5) is 5.69 Å². The van der Waals surface area contributed by atoms with Crippen molar-refractivity contribution >= 4 is 40.7 Å². The summed E-state index contributed by atoms with van der Waals surface area (Å²) in [6, 6.07) is 4.40. The van der Waals surface area contributed by atoms with Crippen LogP contribution < -0.4 is 10.2 Å². The zero-order valence-corrected chi connectivity index (χ0v) is 13.8. The van der Waals surface area contributed by atoms with E-state index in [0.29, 0.717) is 22.3 Å². The number of nitrogens with one attached hydrogen (secondary N) is 1. The van der Waals surface area contributed by atoms with Gasteiger partial charge in [-0.05, 0) is 23.6 Å². The number of hydrogen-bond acceptors (Lipinski definition) is 2. The smallest absolute Gasteiger partial charge is 0.250 e. The predicted octanol–water partition coefficient (Wildman–Crippen LogP) is 3.26. The molecule has 1 atom stereocenters. The third-order valence-electron chi connectivity index (χ3n) is 3.45. The van der Waals surface area contributed by atoms with Crippen molar-refractivity contribution in [3.63, 3.8) is 0 Å². The average Bonchev–Trinajstić information content (AvgIpc) is 2.50. The fourth-order valence-corrected chi connectivity index (χ4v) is 2.81. The van der Waals surface area contributed by atoms with Crippen LogP contribution in [-0.2, 0) is 9.59 Å². The van der Waals surface area contributed by atoms with Gasteiger partial charge >= 0.3 is 0 Å². The van der Waals surface area contributed by atoms with Gasteiger partial charge in [0.25, 0.3) is 0 Å². The summed E-state index contributed by atoms with van der Waals surface area (Å²) in [7, 11) is 0. The summed E-state index contributed by atoms with van der Waals surface area (Å²) in [5, 5.41) is 3.71. The van der Waals surface area contributed by atoms with E-state index in [-0.39, 0.29) is 23.7 Å². The minimum Gasteiger partial charge on any atom is -0.344 e. The van der Waals surface area contributed by atoms with Gasteiger partial charge in [0.15, 0.2) is 0 Å². The average molecular weight is 329 g/mol. The van der Waals surface area contributed by atoms with Crippen LogP contribution >= 0.6 is 23.2 Å². The summed E-state index contributed by atoms with van der Waals surface area (Å²) < 4.78 is 0. The van der Waals surface area contributed by atoms with Gasteiger partial charge in [0.1, 0.15) is 6.04 Å². The zero-order valence-electron chi connectivity index (χ0n) is 12.2. The molecule has 1 saturated heterocycles. The van der Waals surface area contributed by atoms with Crippen molar-refractivity contribution in [2.75, 3.05) is 11.4 Å². The van der Waals surface area contributed by atoms with Gasteiger partial charge in [-0.3, -0.25) is 9.59 Å². The Morgan fingerprint density at radius 2 is 1.90 bits per heavy atom. The first-order valence-corrected chi connectivity index (χ1v) is 7.51. The lowest BCUT2D eigenvalue weighted by Crippen LogP contribution is -2.52. The Labute approximate surface area is 134 Å². The van der Waals surface area contributed by atoms with Crippen LogP contribution in [0.2, 0.25) is 10.0 Å². The van der Waals surface area contributed by atoms with Gasteiger partial charge < -0.3 is 10.2 Å². The number of nitrogens with zero attached hydrogens (tertiary/aromatic N) is 1. The minimum atomic E-state index is -0.584. The first-order chi connectivity index (χ1) is 9.70. The van der Waals surface area contributed by atoms with E-state index in [1.807, 2.05) is 20.8 Å². The van der Waals surface area contributed by atoms with Crippen molar-refractivity contribution < 1.29 is 9.59 Å². The Bertz CT molecular complexity index is 582. The molecule has 1 aliphatic heterocycles. The molecule has 1 heterocycles. The van der Waals surface area contributed by atoms with E-state index in [1.54, 1.807) is 23.1 Å². The number of benzene rings is 1. The second kappa shape index (κ2) is 5.85. The van der Waals surface area contributed by atoms with Crippen molar-refractivity contribution in [1.29, 1.82) is 0 Å². The molecule has 2 rings (SSSR count). The van der Waals surface area contributed by atoms with Crippen LogP contribution in [-0.4, -0.2) is 24.4 Å². The van der Waals surface area contributed by atoms with Crippen LogP contribution in [0, 0.1) is 5.41 Å². The molecule has 1 aromatic carbocycles. The number of amides is 2. The van der Waals surface area contributed by atoms with E-state index in [0.717, 1.165) is 0 Å². The summed E-state index contributed by atoms with van der Waals surface area (Å²) in [4.78, 5) is 26.2. The highest BCUT2D eigenvalue weighted by atomic mass is 35.5. The molecule has 0 bridgehead atoms. The number of halogens is 2. The predicted molar refractivity (Wildman–Crippen MR) is 84.8 cm³/mol. The molecule has 4 nitrogen and oxygen atoms in total. The molecule has 0 saturated carbocycles. The van der Waals surface area contributed by atoms with Gasteiger partial charge in [-0.25, -0.2) is 0 Å². The van der Waals surface area contributed by atoms with E-state index >= 15 is 0 Å². The Kier molecular flexibility index (Phi) is 4.49. The molecule has 21 heavy (non-hydrogen) atoms. The van der Waals surface area contributed by atoms with Gasteiger partial charge in [-0.15, -0.1) is 0 Å². The highest BCUT2D eigenvalue weighted by Crippen LogP contribution is 2.32. The summed E-state index contributed by atoms with van der Waals surface area (Å²) in [6.07, 6.45) is 0.247. The van der Waals surface area contributed by atoms with Crippen molar-refractivity contribution in [3.05, 3.63) is 28.2 Å². The fourth-order valence-electron chi connectivity index (χ4n) is 2.30. The van der Waals surface area contributed by atoms with Gasteiger partial charge in [-0.2, -0.15) is 0 Å². The summed E-state index contributed by atoms with van der Waals surface area (Å²) in [5.74, 6) is -0.284. The minimum absolute atomic E-state index is 0.129. The molecule has 1 aromatic rings. The van der Waals surface area contributed by atoms with E-state index in [1.165, 1.54) is 0 Å². The van der Waals surface area contributed by atoms with Crippen molar-refractivity contribution in [3.8, 4) is 0 Å². The van der Waals surface area contributed by atoms with E-state index in [2.05, 4.69) is 5.32 Å². The normalized spacial score (nSPS) is 20.2. The van der Waals surface area contributed by atoms with E-state index in [4.69, 9.17) is 23.2 Å². The third kappa shape index (κ3) is 3.50. The van der Waals surface area contributed by atoms with Crippen LogP contribution in [0.25, 0.3) is 0 Å². The maximum atomic E-state index is 12.8. The molecule has 0 spiro atoms. The van der Waals surface area contributed by atoms with Gasteiger partial charge in [0.2, 0.25) is 11.8 Å². The Balaban J connectivity index is 2.42. The molecule has 2 amide bonds. The van der Waals surface area contributed by atoms with Crippen molar-refractivity contribution in [2.45, 2.75) is 33.2 Å². The number of anilines is 1. The maximum Gasteiger partial charge on any atom is 0.250 e. The van der Waals surface area contributed by atoms with Crippen LogP contribution in [0.5, 0.6) is 0 Å². The third-order valence-corrected chi connectivity index (χ3v) is 3.99. The SMILES string of the molecule is CC(C)(C)C1NC(=O)CCN(c2ccc(Cl)cc2Cl)C1=O. The topological polar surface area (TPSA) is 49.4 Å². The van der Waals surface area contributed by atoms with Crippen LogP contribution in [0.3, 0.4) is 0 Å². The standard InChI is InChI=1S/C15H18Cl2N2O2/c1-15(2,3)13-14(21)19(7-6-12(20)18-13)11-5-4-9(16)8-10(11)17/h4-5,8,13H,6-7H2,1-3H3,(H,18,20). The molecule has 1 unspecified atom stereocenters. The maximum absolute atomic E-state index is 12.8. The summed E-state index contributed by atoms with van der Waals surface area (Å²) in [6.45, 7) is 6.06. The second-order valence-electron chi connectivity index (χ2n) is 6.20. The lowest BCUT2D eigenvalue weighted by atomic mass is 9.86. The molecule has 0 radical (unpaired) electrons. The number of carbonyl (C=O) groups is 2. The molecule has 114 valence electrons. The first-order valence-electron chi connectivity index (χ1n) is 6.76. The number of carbonyl (C=O) groups excluding carboxylic acids is 2. The summed E-state index contributed by atoms with van der Waals surface area (Å²) >= 11 is 12.1. The second-order valence-corrected chi connectivity index (χ2v) is 7.05. The Hall–Kier alpha value is -1.26. The monoisotopic (exact) mass is 328 g/mol. The fraction of sp³-hybridized carbons (Fsp3) is 0.467. The van der Waals surface area contributed by atoms with E-state index in [9.17, 15) is 9.59 Å². The Morgan fingerprint density at radius 3 is 2.48 bits per heavy atom. The van der Waals surface area contributed by atoms with Crippen molar-refractivity contribution in [1.82, 2.24) is 5.32 Å². The molecular weight excluding hydrogens is 311 g/mol. The molecule has 0 aliphatic carbocycles. The zero-order chi connectivity index (χ0) is 15.8. The lowest BCUT2D eigenvalue weighted by molar-refractivity contribution is -0.127. The van der Waals surface area contributed by atoms with Crippen LogP contribution in [0.1, 0.15) is 27.2 Å². The number of rotatable bonds is 1. The highest BCUT2D eigenvalue weighted by molar-refractivity contribution is 6.36. The van der Waals surface area contributed by atoms with Gasteiger partial charge in [0, 0.05) is 18.0 Å². The quantitative estimate of drug-likeness (QED) is 0.860. The van der Waals surface area contributed by atoms with E-state index < -0.39 is 6.04 Å². The first kappa shape index (κ1) is 16.1. The summed E-state index contributed by atoms with van der Waals surface area (Å²) in [5.41, 5.74) is 0.200. The molecule has 6 heteroatoms. The Morgan fingerprint density at radius 1 is 1.24 bits per heavy atom. The molecular formula is C15H18Cl2N2O2. The van der Waals surface area contributed by atoms with Crippen LogP contribution in [0.15, 0.2) is 18.2 Å². The van der Waals surface area contributed by atoms with Gasteiger partial charge in [-0.1, -0.05) is 44.0 Å². The van der Waals surface area contributed by atoms with Gasteiger partial charge in [0.05, 0.1) is 10.7 Å². The largest absolute Gasteiger partial charge is 0.344 e. The molecule has 0 aromatic heterocycles. The highest BCUT2D eigenvalue weighted by Gasteiger charge is 2.38. The molecule has 1 fully saturated rings. The lowest BCUT2D eigenvalue weighted by Gasteiger charge is -2.32.